The topological polar surface area (TPSA) is 21.7 Å². The van der Waals surface area contributed by atoms with Crippen molar-refractivity contribution in [3.05, 3.63) is 29.3 Å². The molecule has 1 aromatic rings. The summed E-state index contributed by atoms with van der Waals surface area (Å²) in [6, 6.07) is 6.21. The lowest BCUT2D eigenvalue weighted by atomic mass is 10.1. The number of morpholine rings is 1. The van der Waals surface area contributed by atoms with Crippen LogP contribution in [0.4, 0.5) is 0 Å². The lowest BCUT2D eigenvalue weighted by Crippen LogP contribution is -2.38. The molecule has 19 heavy (non-hydrogen) atoms. The number of hydrogen-bond acceptors (Lipinski definition) is 3. The number of halogens is 1. The van der Waals surface area contributed by atoms with E-state index in [-0.39, 0.29) is 5.38 Å². The smallest absolute Gasteiger partial charge is 0.124 e. The van der Waals surface area contributed by atoms with Crippen molar-refractivity contribution in [2.75, 3.05) is 39.5 Å². The fourth-order valence-electron chi connectivity index (χ4n) is 2.31. The predicted molar refractivity (Wildman–Crippen MR) is 78.2 cm³/mol. The largest absolute Gasteiger partial charge is 0.494 e. The Morgan fingerprint density at radius 2 is 2.11 bits per heavy atom. The summed E-state index contributed by atoms with van der Waals surface area (Å²) in [6.45, 7) is 9.10. The van der Waals surface area contributed by atoms with Crippen molar-refractivity contribution in [3.63, 3.8) is 0 Å². The molecule has 1 heterocycles. The zero-order chi connectivity index (χ0) is 13.7. The van der Waals surface area contributed by atoms with E-state index in [9.17, 15) is 0 Å². The van der Waals surface area contributed by atoms with Crippen LogP contribution in [0.2, 0.25) is 0 Å². The highest BCUT2D eigenvalue weighted by Crippen LogP contribution is 2.31. The summed E-state index contributed by atoms with van der Waals surface area (Å²) >= 11 is 6.59. The highest BCUT2D eigenvalue weighted by atomic mass is 35.5. The van der Waals surface area contributed by atoms with Crippen LogP contribution < -0.4 is 4.74 Å². The maximum atomic E-state index is 6.59. The van der Waals surface area contributed by atoms with Crippen molar-refractivity contribution in [1.82, 2.24) is 4.90 Å². The molecule has 106 valence electrons. The van der Waals surface area contributed by atoms with E-state index in [4.69, 9.17) is 21.1 Å². The monoisotopic (exact) mass is 283 g/mol. The third-order valence-electron chi connectivity index (χ3n) is 3.32. The Labute approximate surface area is 120 Å². The minimum atomic E-state index is -0.0421. The molecule has 0 spiro atoms. The summed E-state index contributed by atoms with van der Waals surface area (Å²) in [4.78, 5) is 2.35. The van der Waals surface area contributed by atoms with Crippen molar-refractivity contribution < 1.29 is 9.47 Å². The van der Waals surface area contributed by atoms with Gasteiger partial charge in [-0.15, -0.1) is 11.6 Å². The predicted octanol–water partition coefficient (Wildman–Crippen LogP) is 3.01. The summed E-state index contributed by atoms with van der Waals surface area (Å²) in [5.41, 5.74) is 2.31. The van der Waals surface area contributed by atoms with Crippen LogP contribution in [0.25, 0.3) is 0 Å². The molecule has 0 aromatic heterocycles. The Balaban J connectivity index is 2.07. The second-order valence-electron chi connectivity index (χ2n) is 4.85. The fourth-order valence-corrected chi connectivity index (χ4v) is 2.67. The Morgan fingerprint density at radius 3 is 2.79 bits per heavy atom. The van der Waals surface area contributed by atoms with Gasteiger partial charge in [0.05, 0.1) is 25.2 Å². The van der Waals surface area contributed by atoms with Gasteiger partial charge in [0, 0.05) is 25.2 Å². The van der Waals surface area contributed by atoms with E-state index in [1.54, 1.807) is 0 Å². The molecule has 1 aromatic carbocycles. The zero-order valence-corrected chi connectivity index (χ0v) is 12.4. The Kier molecular flexibility index (Phi) is 5.49. The minimum Gasteiger partial charge on any atom is -0.494 e. The van der Waals surface area contributed by atoms with Gasteiger partial charge >= 0.3 is 0 Å². The molecular weight excluding hydrogens is 262 g/mol. The summed E-state index contributed by atoms with van der Waals surface area (Å²) in [5.74, 6) is 0.904. The molecule has 1 aliphatic rings. The van der Waals surface area contributed by atoms with Gasteiger partial charge in [0.15, 0.2) is 0 Å². The number of ether oxygens (including phenoxy) is 2. The average Bonchev–Trinajstić information content (AvgIpc) is 2.42. The molecule has 0 amide bonds. The number of hydrogen-bond donors (Lipinski definition) is 0. The first-order valence-electron chi connectivity index (χ1n) is 6.88. The fraction of sp³-hybridized carbons (Fsp3) is 0.600. The SMILES string of the molecule is CCOc1ccc(C)cc1C(Cl)CN1CCOCC1. The minimum absolute atomic E-state index is 0.0421. The number of benzene rings is 1. The van der Waals surface area contributed by atoms with E-state index >= 15 is 0 Å². The van der Waals surface area contributed by atoms with E-state index in [2.05, 4.69) is 24.0 Å². The van der Waals surface area contributed by atoms with Crippen LogP contribution in [0.1, 0.15) is 23.4 Å². The van der Waals surface area contributed by atoms with Crippen molar-refractivity contribution in [3.8, 4) is 5.75 Å². The molecule has 1 aliphatic heterocycles. The lowest BCUT2D eigenvalue weighted by Gasteiger charge is -2.29. The van der Waals surface area contributed by atoms with Crippen molar-refractivity contribution in [1.29, 1.82) is 0 Å². The normalized spacial score (nSPS) is 18.3. The Morgan fingerprint density at radius 1 is 1.37 bits per heavy atom. The molecule has 1 fully saturated rings. The molecule has 1 saturated heterocycles. The molecule has 0 saturated carbocycles. The summed E-state index contributed by atoms with van der Waals surface area (Å²) < 4.78 is 11.0. The van der Waals surface area contributed by atoms with Gasteiger partial charge in [0.2, 0.25) is 0 Å². The van der Waals surface area contributed by atoms with Gasteiger partial charge in [0.25, 0.3) is 0 Å². The molecule has 4 heteroatoms. The molecule has 0 bridgehead atoms. The van der Waals surface area contributed by atoms with E-state index in [1.807, 2.05) is 13.0 Å². The van der Waals surface area contributed by atoms with Gasteiger partial charge in [-0.1, -0.05) is 17.7 Å². The number of rotatable bonds is 5. The third-order valence-corrected chi connectivity index (χ3v) is 3.70. The van der Waals surface area contributed by atoms with Crippen LogP contribution in [0.3, 0.4) is 0 Å². The first-order valence-corrected chi connectivity index (χ1v) is 7.32. The highest BCUT2D eigenvalue weighted by Gasteiger charge is 2.19. The zero-order valence-electron chi connectivity index (χ0n) is 11.7. The van der Waals surface area contributed by atoms with Crippen LogP contribution in [0.15, 0.2) is 18.2 Å². The van der Waals surface area contributed by atoms with Gasteiger partial charge < -0.3 is 9.47 Å². The van der Waals surface area contributed by atoms with Crippen molar-refractivity contribution in [2.45, 2.75) is 19.2 Å². The van der Waals surface area contributed by atoms with Crippen LogP contribution in [0.5, 0.6) is 5.75 Å². The Bertz CT molecular complexity index is 405. The molecule has 3 nitrogen and oxygen atoms in total. The molecule has 0 N–H and O–H groups in total. The number of aryl methyl sites for hydroxylation is 1. The maximum Gasteiger partial charge on any atom is 0.124 e. The van der Waals surface area contributed by atoms with Gasteiger partial charge in [-0.25, -0.2) is 0 Å². The van der Waals surface area contributed by atoms with E-state index < -0.39 is 0 Å². The van der Waals surface area contributed by atoms with E-state index in [1.165, 1.54) is 5.56 Å². The third kappa shape index (κ3) is 4.10. The van der Waals surface area contributed by atoms with E-state index in [0.717, 1.165) is 44.2 Å². The van der Waals surface area contributed by atoms with Crippen LogP contribution in [0, 0.1) is 6.92 Å². The highest BCUT2D eigenvalue weighted by molar-refractivity contribution is 6.21. The van der Waals surface area contributed by atoms with E-state index in [0.29, 0.717) is 6.61 Å². The summed E-state index contributed by atoms with van der Waals surface area (Å²) in [7, 11) is 0. The van der Waals surface area contributed by atoms with Crippen molar-refractivity contribution in [2.24, 2.45) is 0 Å². The molecule has 0 aliphatic carbocycles. The van der Waals surface area contributed by atoms with Crippen LogP contribution >= 0.6 is 11.6 Å². The van der Waals surface area contributed by atoms with Crippen LogP contribution in [-0.4, -0.2) is 44.4 Å². The summed E-state index contributed by atoms with van der Waals surface area (Å²) in [5, 5.41) is -0.0421. The van der Waals surface area contributed by atoms with Gasteiger partial charge in [-0.3, -0.25) is 4.90 Å². The van der Waals surface area contributed by atoms with Gasteiger partial charge in [-0.05, 0) is 19.9 Å². The van der Waals surface area contributed by atoms with Crippen molar-refractivity contribution >= 4 is 11.6 Å². The average molecular weight is 284 g/mol. The Hall–Kier alpha value is -0.770. The van der Waals surface area contributed by atoms with Gasteiger partial charge in [-0.2, -0.15) is 0 Å². The summed E-state index contributed by atoms with van der Waals surface area (Å²) in [6.07, 6.45) is 0. The first kappa shape index (κ1) is 14.6. The first-order chi connectivity index (χ1) is 9.20. The lowest BCUT2D eigenvalue weighted by molar-refractivity contribution is 0.0378. The molecular formula is C15H22ClNO2. The molecule has 1 atom stereocenters. The number of alkyl halides is 1. The molecule has 1 unspecified atom stereocenters. The standard InChI is InChI=1S/C15H22ClNO2/c1-3-19-15-5-4-12(2)10-13(15)14(16)11-17-6-8-18-9-7-17/h4-5,10,14H,3,6-9,11H2,1-2H3. The second kappa shape index (κ2) is 7.13. The number of nitrogens with zero attached hydrogens (tertiary/aromatic N) is 1. The quantitative estimate of drug-likeness (QED) is 0.776. The maximum absolute atomic E-state index is 6.59. The molecule has 0 radical (unpaired) electrons. The molecule has 2 rings (SSSR count). The van der Waals surface area contributed by atoms with Gasteiger partial charge in [0.1, 0.15) is 5.75 Å². The second-order valence-corrected chi connectivity index (χ2v) is 5.38. The van der Waals surface area contributed by atoms with Crippen LogP contribution in [-0.2, 0) is 4.74 Å².